The van der Waals surface area contributed by atoms with Crippen molar-refractivity contribution in [2.45, 2.75) is 51.9 Å². The van der Waals surface area contributed by atoms with E-state index in [1.807, 2.05) is 0 Å². The molecule has 0 unspecified atom stereocenters. The van der Waals surface area contributed by atoms with Gasteiger partial charge in [-0.25, -0.2) is 4.79 Å². The first-order valence-corrected chi connectivity index (χ1v) is 5.50. The Morgan fingerprint density at radius 2 is 1.87 bits per heavy atom. The van der Waals surface area contributed by atoms with Crippen molar-refractivity contribution < 1.29 is 9.53 Å². The summed E-state index contributed by atoms with van der Waals surface area (Å²) in [7, 11) is 0. The number of rotatable bonds is 8. The molecule has 0 N–H and O–H groups in total. The maximum Gasteiger partial charge on any atom is 0.348 e. The van der Waals surface area contributed by atoms with Gasteiger partial charge in [-0.1, -0.05) is 45.6 Å². The number of unbranched alkanes of at least 4 members (excludes halogenated alkanes) is 5. The van der Waals surface area contributed by atoms with Crippen LogP contribution >= 0.6 is 0 Å². The third-order valence-corrected chi connectivity index (χ3v) is 2.26. The molecule has 0 aromatic rings. The van der Waals surface area contributed by atoms with Gasteiger partial charge in [0, 0.05) is 5.57 Å². The van der Waals surface area contributed by atoms with Crippen molar-refractivity contribution in [3.05, 3.63) is 12.2 Å². The summed E-state index contributed by atoms with van der Waals surface area (Å²) in [6.07, 6.45) is 9.02. The third-order valence-electron chi connectivity index (χ3n) is 2.26. The molecule has 0 aliphatic heterocycles. The summed E-state index contributed by atoms with van der Waals surface area (Å²) in [5, 5.41) is 8.12. The van der Waals surface area contributed by atoms with Crippen molar-refractivity contribution >= 4 is 5.97 Å². The van der Waals surface area contributed by atoms with Crippen LogP contribution in [0.2, 0.25) is 0 Å². The Morgan fingerprint density at radius 3 is 2.47 bits per heavy atom. The molecular formula is C12H19NO2. The van der Waals surface area contributed by atoms with Crippen LogP contribution in [-0.4, -0.2) is 5.97 Å². The predicted octanol–water partition coefficient (Wildman–Crippen LogP) is 3.32. The van der Waals surface area contributed by atoms with Crippen LogP contribution < -0.4 is 0 Å². The number of carbonyl (C=O) groups is 1. The van der Waals surface area contributed by atoms with E-state index in [0.29, 0.717) is 12.0 Å². The van der Waals surface area contributed by atoms with Gasteiger partial charge in [0.15, 0.2) is 0 Å². The van der Waals surface area contributed by atoms with Gasteiger partial charge < -0.3 is 4.74 Å². The van der Waals surface area contributed by atoms with E-state index < -0.39 is 5.97 Å². The molecule has 0 saturated carbocycles. The van der Waals surface area contributed by atoms with Crippen LogP contribution in [0.1, 0.15) is 51.9 Å². The molecule has 0 heterocycles. The molecule has 0 aromatic heterocycles. The second-order valence-corrected chi connectivity index (χ2v) is 3.60. The topological polar surface area (TPSA) is 50.1 Å². The average molecular weight is 209 g/mol. The average Bonchev–Trinajstić information content (AvgIpc) is 2.23. The lowest BCUT2D eigenvalue weighted by Gasteiger charge is -2.01. The number of hydrogen-bond donors (Lipinski definition) is 0. The highest BCUT2D eigenvalue weighted by molar-refractivity contribution is 5.88. The maximum atomic E-state index is 11.0. The minimum Gasteiger partial charge on any atom is -0.347 e. The number of nitrogens with zero attached hydrogens (tertiary/aromatic N) is 1. The van der Waals surface area contributed by atoms with Gasteiger partial charge in [-0.05, 0) is 12.8 Å². The van der Waals surface area contributed by atoms with E-state index in [1.54, 1.807) is 0 Å². The largest absolute Gasteiger partial charge is 0.348 e. The second-order valence-electron chi connectivity index (χ2n) is 3.60. The van der Waals surface area contributed by atoms with Crippen LogP contribution in [0, 0.1) is 11.5 Å². The highest BCUT2D eigenvalue weighted by Gasteiger charge is 2.07. The fourth-order valence-electron chi connectivity index (χ4n) is 1.33. The fraction of sp³-hybridized carbons (Fsp3) is 0.667. The maximum absolute atomic E-state index is 11.0. The highest BCUT2D eigenvalue weighted by Crippen LogP contribution is 2.11. The van der Waals surface area contributed by atoms with E-state index in [0.717, 1.165) is 12.8 Å². The van der Waals surface area contributed by atoms with Crippen molar-refractivity contribution in [1.29, 1.82) is 5.26 Å². The van der Waals surface area contributed by atoms with Gasteiger partial charge in [-0.15, -0.1) is 5.26 Å². The Morgan fingerprint density at radius 1 is 1.27 bits per heavy atom. The lowest BCUT2D eigenvalue weighted by Crippen LogP contribution is -2.02. The first kappa shape index (κ1) is 13.7. The SMILES string of the molecule is C=C(CCCCCCCC)C(=O)OC#N. The number of ether oxygens (including phenoxy) is 1. The molecule has 3 heteroatoms. The summed E-state index contributed by atoms with van der Waals surface area (Å²) in [6.45, 7) is 5.76. The molecule has 0 amide bonds. The van der Waals surface area contributed by atoms with Crippen molar-refractivity contribution in [3.63, 3.8) is 0 Å². The van der Waals surface area contributed by atoms with Crippen LogP contribution in [0.5, 0.6) is 0 Å². The second kappa shape index (κ2) is 9.26. The summed E-state index contributed by atoms with van der Waals surface area (Å²) in [4.78, 5) is 11.0. The Balaban J connectivity index is 3.40. The smallest absolute Gasteiger partial charge is 0.347 e. The van der Waals surface area contributed by atoms with Crippen molar-refractivity contribution in [2.24, 2.45) is 0 Å². The van der Waals surface area contributed by atoms with Gasteiger partial charge in [0.2, 0.25) is 0 Å². The number of nitriles is 1. The van der Waals surface area contributed by atoms with Crippen LogP contribution in [0.3, 0.4) is 0 Å². The van der Waals surface area contributed by atoms with Gasteiger partial charge in [-0.3, -0.25) is 0 Å². The Hall–Kier alpha value is -1.30. The normalized spacial score (nSPS) is 9.33. The minimum atomic E-state index is -0.592. The molecule has 0 aliphatic rings. The van der Waals surface area contributed by atoms with Gasteiger partial charge in [-0.2, -0.15) is 0 Å². The Kier molecular flexibility index (Phi) is 8.46. The van der Waals surface area contributed by atoms with Crippen LogP contribution in [0.25, 0.3) is 0 Å². The molecule has 0 aliphatic carbocycles. The molecule has 0 bridgehead atoms. The zero-order valence-corrected chi connectivity index (χ0v) is 9.42. The number of esters is 1. The zero-order chi connectivity index (χ0) is 11.5. The highest BCUT2D eigenvalue weighted by atomic mass is 16.5. The summed E-state index contributed by atoms with van der Waals surface area (Å²) < 4.78 is 4.17. The monoisotopic (exact) mass is 209 g/mol. The molecule has 15 heavy (non-hydrogen) atoms. The zero-order valence-electron chi connectivity index (χ0n) is 9.42. The molecule has 0 saturated heterocycles. The quantitative estimate of drug-likeness (QED) is 0.267. The van der Waals surface area contributed by atoms with Gasteiger partial charge >= 0.3 is 5.97 Å². The third kappa shape index (κ3) is 7.75. The van der Waals surface area contributed by atoms with E-state index in [4.69, 9.17) is 5.26 Å². The van der Waals surface area contributed by atoms with Crippen LogP contribution in [-0.2, 0) is 9.53 Å². The van der Waals surface area contributed by atoms with Crippen molar-refractivity contribution in [1.82, 2.24) is 0 Å². The molecule has 0 rings (SSSR count). The first-order chi connectivity index (χ1) is 7.22. The minimum absolute atomic E-state index is 0.395. The van der Waals surface area contributed by atoms with Crippen LogP contribution in [0.15, 0.2) is 12.2 Å². The number of hydrogen-bond acceptors (Lipinski definition) is 3. The van der Waals surface area contributed by atoms with E-state index in [-0.39, 0.29) is 0 Å². The number of carbonyl (C=O) groups excluding carboxylic acids is 1. The predicted molar refractivity (Wildman–Crippen MR) is 58.8 cm³/mol. The van der Waals surface area contributed by atoms with Crippen LogP contribution in [0.4, 0.5) is 0 Å². The molecular weight excluding hydrogens is 190 g/mol. The van der Waals surface area contributed by atoms with Crippen molar-refractivity contribution in [2.75, 3.05) is 0 Å². The lowest BCUT2D eigenvalue weighted by atomic mass is 10.1. The van der Waals surface area contributed by atoms with Crippen molar-refractivity contribution in [3.8, 4) is 6.26 Å². The van der Waals surface area contributed by atoms with E-state index >= 15 is 0 Å². The van der Waals surface area contributed by atoms with Gasteiger partial charge in [0.05, 0.1) is 0 Å². The molecule has 0 aromatic carbocycles. The van der Waals surface area contributed by atoms with E-state index in [9.17, 15) is 4.79 Å². The summed E-state index contributed by atoms with van der Waals surface area (Å²) in [5.41, 5.74) is 0.395. The van der Waals surface area contributed by atoms with Gasteiger partial charge in [0.1, 0.15) is 0 Å². The first-order valence-electron chi connectivity index (χ1n) is 5.50. The lowest BCUT2D eigenvalue weighted by molar-refractivity contribution is -0.132. The van der Waals surface area contributed by atoms with E-state index in [2.05, 4.69) is 18.2 Å². The molecule has 0 fully saturated rings. The van der Waals surface area contributed by atoms with E-state index in [1.165, 1.54) is 31.9 Å². The standard InChI is InChI=1S/C12H19NO2/c1-3-4-5-6-7-8-9-11(2)12(14)15-10-13/h2-9H2,1H3. The molecule has 0 spiro atoms. The van der Waals surface area contributed by atoms with Gasteiger partial charge in [0.25, 0.3) is 6.26 Å². The molecule has 0 atom stereocenters. The Bertz CT molecular complexity index is 240. The molecule has 84 valence electrons. The summed E-state index contributed by atoms with van der Waals surface area (Å²) in [5.74, 6) is -0.592. The Labute approximate surface area is 91.7 Å². The molecule has 3 nitrogen and oxygen atoms in total. The summed E-state index contributed by atoms with van der Waals surface area (Å²) >= 11 is 0. The summed E-state index contributed by atoms with van der Waals surface area (Å²) in [6, 6.07) is 0. The molecule has 0 radical (unpaired) electrons. The fourth-order valence-corrected chi connectivity index (χ4v) is 1.33.